The minimum absolute atomic E-state index is 0.0382. The summed E-state index contributed by atoms with van der Waals surface area (Å²) < 4.78 is 19.3. The van der Waals surface area contributed by atoms with Gasteiger partial charge in [0, 0.05) is 12.6 Å². The normalized spacial score (nSPS) is 14.5. The van der Waals surface area contributed by atoms with Gasteiger partial charge in [0.25, 0.3) is 11.8 Å². The van der Waals surface area contributed by atoms with Crippen LogP contribution in [-0.4, -0.2) is 35.2 Å². The lowest BCUT2D eigenvalue weighted by Gasteiger charge is -2.31. The van der Waals surface area contributed by atoms with Gasteiger partial charge in [0.15, 0.2) is 6.04 Å². The van der Waals surface area contributed by atoms with Gasteiger partial charge in [0.05, 0.1) is 11.4 Å². The van der Waals surface area contributed by atoms with Gasteiger partial charge in [0.2, 0.25) is 5.91 Å². The average molecular weight is 498 g/mol. The van der Waals surface area contributed by atoms with Gasteiger partial charge in [-0.05, 0) is 61.0 Å². The van der Waals surface area contributed by atoms with E-state index in [0.29, 0.717) is 22.0 Å². The highest BCUT2D eigenvalue weighted by Gasteiger charge is 2.35. The molecule has 1 unspecified atom stereocenters. The zero-order chi connectivity index (χ0) is 24.8. The van der Waals surface area contributed by atoms with Crippen LogP contribution in [-0.2, 0) is 16.1 Å². The quantitative estimate of drug-likeness (QED) is 0.460. The number of hydrogen-bond donors (Lipinski definition) is 2. The minimum atomic E-state index is -1.04. The van der Waals surface area contributed by atoms with E-state index in [1.54, 1.807) is 48.7 Å². The number of nitrogens with one attached hydrogen (secondary N) is 2. The Morgan fingerprint density at radius 2 is 1.86 bits per heavy atom. The first-order valence-corrected chi connectivity index (χ1v) is 12.5. The van der Waals surface area contributed by atoms with Crippen molar-refractivity contribution in [1.82, 2.24) is 15.5 Å². The summed E-state index contributed by atoms with van der Waals surface area (Å²) in [5.74, 6) is -0.619. The third-order valence-electron chi connectivity index (χ3n) is 6.02. The summed E-state index contributed by atoms with van der Waals surface area (Å²) in [6.45, 7) is 1.50. The van der Waals surface area contributed by atoms with E-state index in [4.69, 9.17) is 4.42 Å². The Bertz CT molecular complexity index is 1150. The Labute approximate surface area is 207 Å². The largest absolute Gasteiger partial charge is 0.464 e. The zero-order valence-corrected chi connectivity index (χ0v) is 20.3. The Kier molecular flexibility index (Phi) is 7.97. The molecule has 1 aliphatic carbocycles. The van der Waals surface area contributed by atoms with E-state index in [2.05, 4.69) is 10.6 Å². The Morgan fingerprint density at radius 1 is 1.11 bits per heavy atom. The molecule has 0 bridgehead atoms. The third-order valence-corrected chi connectivity index (χ3v) is 6.89. The van der Waals surface area contributed by atoms with Crippen molar-refractivity contribution in [2.45, 2.75) is 51.2 Å². The highest BCUT2D eigenvalue weighted by Crippen LogP contribution is 2.27. The van der Waals surface area contributed by atoms with Crippen LogP contribution in [0.25, 0.3) is 0 Å². The lowest BCUT2D eigenvalue weighted by molar-refractivity contribution is -0.141. The van der Waals surface area contributed by atoms with Gasteiger partial charge in [-0.2, -0.15) is 0 Å². The van der Waals surface area contributed by atoms with Crippen molar-refractivity contribution >= 4 is 29.1 Å². The first kappa shape index (κ1) is 24.7. The van der Waals surface area contributed by atoms with Gasteiger partial charge in [0.1, 0.15) is 17.3 Å². The van der Waals surface area contributed by atoms with Crippen molar-refractivity contribution in [1.29, 1.82) is 0 Å². The zero-order valence-electron chi connectivity index (χ0n) is 19.5. The van der Waals surface area contributed by atoms with Crippen LogP contribution in [0.4, 0.5) is 4.39 Å². The molecule has 1 saturated carbocycles. The van der Waals surface area contributed by atoms with Crippen molar-refractivity contribution < 1.29 is 23.2 Å². The van der Waals surface area contributed by atoms with Gasteiger partial charge >= 0.3 is 0 Å². The van der Waals surface area contributed by atoms with Gasteiger partial charge < -0.3 is 20.0 Å². The van der Waals surface area contributed by atoms with Crippen LogP contribution in [0.15, 0.2) is 58.3 Å². The number of hydrogen-bond acceptors (Lipinski definition) is 5. The Hall–Kier alpha value is -3.46. The van der Waals surface area contributed by atoms with Crippen molar-refractivity contribution in [2.75, 3.05) is 6.54 Å². The molecule has 1 atom stereocenters. The SMILES string of the molecule is Cc1ccc(C(C(=O)NC2CCCC2)N(Cc2ccc(F)cc2)C(=O)CNC(=O)c2cccs2)o1. The molecule has 2 aromatic heterocycles. The molecule has 1 aliphatic rings. The van der Waals surface area contributed by atoms with Crippen LogP contribution in [0.5, 0.6) is 0 Å². The number of rotatable bonds is 9. The van der Waals surface area contributed by atoms with Gasteiger partial charge in [-0.3, -0.25) is 14.4 Å². The summed E-state index contributed by atoms with van der Waals surface area (Å²) in [5, 5.41) is 7.49. The minimum Gasteiger partial charge on any atom is -0.464 e. The second-order valence-electron chi connectivity index (χ2n) is 8.65. The van der Waals surface area contributed by atoms with E-state index in [-0.39, 0.29) is 30.9 Å². The third kappa shape index (κ3) is 6.36. The second-order valence-corrected chi connectivity index (χ2v) is 9.60. The first-order chi connectivity index (χ1) is 16.9. The molecule has 0 radical (unpaired) electrons. The smallest absolute Gasteiger partial charge is 0.261 e. The molecule has 35 heavy (non-hydrogen) atoms. The summed E-state index contributed by atoms with van der Waals surface area (Å²) >= 11 is 1.27. The molecule has 2 N–H and O–H groups in total. The number of aryl methyl sites for hydroxylation is 1. The van der Waals surface area contributed by atoms with E-state index in [9.17, 15) is 18.8 Å². The van der Waals surface area contributed by atoms with E-state index in [1.807, 2.05) is 0 Å². The maximum atomic E-state index is 13.5. The molecule has 0 saturated heterocycles. The first-order valence-electron chi connectivity index (χ1n) is 11.6. The fourth-order valence-corrected chi connectivity index (χ4v) is 4.88. The molecule has 3 aromatic rings. The van der Waals surface area contributed by atoms with E-state index >= 15 is 0 Å². The number of amides is 3. The van der Waals surface area contributed by atoms with Crippen LogP contribution in [0.2, 0.25) is 0 Å². The van der Waals surface area contributed by atoms with Crippen molar-refractivity contribution in [3.8, 4) is 0 Å². The van der Waals surface area contributed by atoms with Gasteiger partial charge in [-0.1, -0.05) is 31.0 Å². The number of benzene rings is 1. The van der Waals surface area contributed by atoms with Crippen LogP contribution in [0.1, 0.15) is 58.5 Å². The average Bonchev–Trinajstić information content (AvgIpc) is 3.62. The van der Waals surface area contributed by atoms with Gasteiger partial charge in [-0.15, -0.1) is 11.3 Å². The summed E-state index contributed by atoms with van der Waals surface area (Å²) in [7, 11) is 0. The van der Waals surface area contributed by atoms with Crippen LogP contribution in [0.3, 0.4) is 0 Å². The Balaban J connectivity index is 1.61. The molecular formula is C26H28FN3O4S. The molecule has 7 nitrogen and oxygen atoms in total. The lowest BCUT2D eigenvalue weighted by Crippen LogP contribution is -2.48. The molecule has 3 amide bonds. The molecule has 184 valence electrons. The molecule has 2 heterocycles. The number of carbonyl (C=O) groups excluding carboxylic acids is 3. The number of halogens is 1. The van der Waals surface area contributed by atoms with E-state index in [0.717, 1.165) is 25.7 Å². The van der Waals surface area contributed by atoms with Gasteiger partial charge in [-0.25, -0.2) is 4.39 Å². The molecule has 0 aliphatic heterocycles. The highest BCUT2D eigenvalue weighted by molar-refractivity contribution is 7.12. The summed E-state index contributed by atoms with van der Waals surface area (Å²) in [6, 6.07) is 11.6. The molecular weight excluding hydrogens is 469 g/mol. The topological polar surface area (TPSA) is 91.7 Å². The number of thiophene rings is 1. The number of nitrogens with zero attached hydrogens (tertiary/aromatic N) is 1. The molecule has 4 rings (SSSR count). The van der Waals surface area contributed by atoms with Crippen molar-refractivity contribution in [3.63, 3.8) is 0 Å². The van der Waals surface area contributed by atoms with Crippen molar-refractivity contribution in [2.24, 2.45) is 0 Å². The molecule has 1 fully saturated rings. The molecule has 9 heteroatoms. The van der Waals surface area contributed by atoms with Crippen LogP contribution in [0, 0.1) is 12.7 Å². The summed E-state index contributed by atoms with van der Waals surface area (Å²) in [4.78, 5) is 41.3. The predicted octanol–water partition coefficient (Wildman–Crippen LogP) is 4.35. The highest BCUT2D eigenvalue weighted by atomic mass is 32.1. The fourth-order valence-electron chi connectivity index (χ4n) is 4.24. The molecule has 1 aromatic carbocycles. The second kappa shape index (κ2) is 11.3. The standard InChI is InChI=1S/C26H28FN3O4S/c1-17-8-13-21(34-17)24(26(33)29-20-5-2-3-6-20)30(16-18-9-11-19(27)12-10-18)23(31)15-28-25(32)22-7-4-14-35-22/h4,7-14,20,24H,2-3,5-6,15-16H2,1H3,(H,28,32)(H,29,33). The monoisotopic (exact) mass is 497 g/mol. The van der Waals surface area contributed by atoms with Crippen LogP contribution < -0.4 is 10.6 Å². The number of furan rings is 1. The van der Waals surface area contributed by atoms with E-state index < -0.39 is 17.8 Å². The van der Waals surface area contributed by atoms with Crippen LogP contribution >= 0.6 is 11.3 Å². The summed E-state index contributed by atoms with van der Waals surface area (Å²) in [6.07, 6.45) is 3.86. The predicted molar refractivity (Wildman–Crippen MR) is 130 cm³/mol. The molecule has 0 spiro atoms. The number of carbonyl (C=O) groups is 3. The summed E-state index contributed by atoms with van der Waals surface area (Å²) in [5.41, 5.74) is 0.645. The maximum Gasteiger partial charge on any atom is 0.261 e. The maximum absolute atomic E-state index is 13.5. The lowest BCUT2D eigenvalue weighted by atomic mass is 10.1. The van der Waals surface area contributed by atoms with E-state index in [1.165, 1.54) is 28.4 Å². The fraction of sp³-hybridized carbons (Fsp3) is 0.346. The Morgan fingerprint density at radius 3 is 2.49 bits per heavy atom. The van der Waals surface area contributed by atoms with Crippen molar-refractivity contribution in [3.05, 3.63) is 81.7 Å².